The lowest BCUT2D eigenvalue weighted by Crippen LogP contribution is -2.39. The number of hydrogen-bond acceptors (Lipinski definition) is 5. The quantitative estimate of drug-likeness (QED) is 0.563. The van der Waals surface area contributed by atoms with Gasteiger partial charge in [-0.25, -0.2) is 9.37 Å². The van der Waals surface area contributed by atoms with Crippen LogP contribution in [0.1, 0.15) is 57.1 Å². The van der Waals surface area contributed by atoms with Crippen LogP contribution >= 0.6 is 0 Å². The number of anilines is 2. The van der Waals surface area contributed by atoms with Crippen LogP contribution in [0.25, 0.3) is 11.3 Å². The first-order valence-electron chi connectivity index (χ1n) is 10.3. The molecule has 1 amide bonds. The molecule has 0 fully saturated rings. The standard InChI is InChI=1S/C23H22FN5O2/c1-10-6-16(15(9-25-10)12(3)30)29-22-20(24)18-13(8-26-22)4-5-14-19-17(28-21(14)18)7-11(2)27-23(19)31/h6,8-9,11,28H,4-5,7H2,1-3H3,(H,27,31)(H,25,26,29). The first-order valence-corrected chi connectivity index (χ1v) is 10.3. The number of aromatic amines is 1. The van der Waals surface area contributed by atoms with Crippen LogP contribution in [0.15, 0.2) is 18.5 Å². The summed E-state index contributed by atoms with van der Waals surface area (Å²) in [6, 6.07) is 1.72. The minimum atomic E-state index is -0.505. The number of ketones is 1. The molecular weight excluding hydrogens is 397 g/mol. The number of carbonyl (C=O) groups is 2. The second-order valence-electron chi connectivity index (χ2n) is 8.28. The Morgan fingerprint density at radius 2 is 2.03 bits per heavy atom. The van der Waals surface area contributed by atoms with Crippen molar-refractivity contribution in [2.24, 2.45) is 0 Å². The number of fused-ring (bicyclic) bond motifs is 5. The molecule has 0 saturated carbocycles. The number of rotatable bonds is 3. The molecule has 3 N–H and O–H groups in total. The van der Waals surface area contributed by atoms with E-state index < -0.39 is 5.82 Å². The molecule has 4 heterocycles. The van der Waals surface area contributed by atoms with E-state index in [-0.39, 0.29) is 23.6 Å². The van der Waals surface area contributed by atoms with Gasteiger partial charge in [0.15, 0.2) is 17.4 Å². The lowest BCUT2D eigenvalue weighted by molar-refractivity contribution is 0.0927. The van der Waals surface area contributed by atoms with Gasteiger partial charge in [-0.3, -0.25) is 14.6 Å². The fraction of sp³-hybridized carbons (Fsp3) is 0.304. The van der Waals surface area contributed by atoms with Crippen LogP contribution in [-0.2, 0) is 19.3 Å². The van der Waals surface area contributed by atoms with Gasteiger partial charge < -0.3 is 15.6 Å². The maximum absolute atomic E-state index is 15.7. The molecule has 1 atom stereocenters. The lowest BCUT2D eigenvalue weighted by Gasteiger charge is -2.22. The number of carbonyl (C=O) groups excluding carboxylic acids is 2. The molecule has 3 aromatic heterocycles. The number of hydrogen-bond donors (Lipinski definition) is 3. The number of H-pyrrole nitrogens is 1. The predicted molar refractivity (Wildman–Crippen MR) is 114 cm³/mol. The summed E-state index contributed by atoms with van der Waals surface area (Å²) in [6.07, 6.45) is 5.08. The van der Waals surface area contributed by atoms with Gasteiger partial charge in [0.25, 0.3) is 5.91 Å². The van der Waals surface area contributed by atoms with Crippen molar-refractivity contribution in [2.45, 2.75) is 46.1 Å². The lowest BCUT2D eigenvalue weighted by atomic mass is 9.88. The van der Waals surface area contributed by atoms with Gasteiger partial charge in [-0.15, -0.1) is 0 Å². The summed E-state index contributed by atoms with van der Waals surface area (Å²) < 4.78 is 15.7. The Morgan fingerprint density at radius 1 is 1.23 bits per heavy atom. The van der Waals surface area contributed by atoms with E-state index in [2.05, 4.69) is 25.6 Å². The van der Waals surface area contributed by atoms with Crippen LogP contribution in [-0.4, -0.2) is 32.7 Å². The van der Waals surface area contributed by atoms with E-state index in [0.717, 1.165) is 16.8 Å². The SMILES string of the molecule is CC(=O)c1cnc(C)cc1Nc1ncc2c(c1F)-c1[nH]c3c(c1CC2)C(=O)NC(C)C3. The van der Waals surface area contributed by atoms with Crippen molar-refractivity contribution in [3.63, 3.8) is 0 Å². The van der Waals surface area contributed by atoms with Crippen LogP contribution in [0, 0.1) is 12.7 Å². The van der Waals surface area contributed by atoms with Crippen molar-refractivity contribution in [3.8, 4) is 11.3 Å². The van der Waals surface area contributed by atoms with Crippen molar-refractivity contribution >= 4 is 23.2 Å². The molecule has 1 unspecified atom stereocenters. The normalized spacial score (nSPS) is 16.8. The minimum absolute atomic E-state index is 0.0269. The Kier molecular flexibility index (Phi) is 4.39. The van der Waals surface area contributed by atoms with Gasteiger partial charge in [0.2, 0.25) is 0 Å². The zero-order valence-corrected chi connectivity index (χ0v) is 17.5. The van der Waals surface area contributed by atoms with Gasteiger partial charge in [-0.2, -0.15) is 0 Å². The minimum Gasteiger partial charge on any atom is -0.357 e. The topological polar surface area (TPSA) is 99.8 Å². The average Bonchev–Trinajstić information content (AvgIpc) is 3.08. The van der Waals surface area contributed by atoms with E-state index in [9.17, 15) is 9.59 Å². The van der Waals surface area contributed by atoms with Crippen molar-refractivity contribution in [3.05, 3.63) is 57.9 Å². The maximum atomic E-state index is 15.7. The highest BCUT2D eigenvalue weighted by Gasteiger charge is 2.33. The fourth-order valence-corrected chi connectivity index (χ4v) is 4.54. The van der Waals surface area contributed by atoms with Crippen LogP contribution < -0.4 is 10.6 Å². The molecule has 0 spiro atoms. The van der Waals surface area contributed by atoms with Crippen molar-refractivity contribution < 1.29 is 14.0 Å². The monoisotopic (exact) mass is 419 g/mol. The summed E-state index contributed by atoms with van der Waals surface area (Å²) in [4.78, 5) is 36.3. The molecular formula is C23H22FN5O2. The van der Waals surface area contributed by atoms with Gasteiger partial charge in [0, 0.05) is 41.8 Å². The van der Waals surface area contributed by atoms with Crippen molar-refractivity contribution in [1.82, 2.24) is 20.3 Å². The summed E-state index contributed by atoms with van der Waals surface area (Å²) in [5, 5.41) is 5.94. The molecule has 0 bridgehead atoms. The van der Waals surface area contributed by atoms with E-state index >= 15 is 4.39 Å². The summed E-state index contributed by atoms with van der Waals surface area (Å²) >= 11 is 0. The van der Waals surface area contributed by atoms with E-state index in [4.69, 9.17) is 0 Å². The maximum Gasteiger partial charge on any atom is 0.253 e. The molecule has 7 nitrogen and oxygen atoms in total. The van der Waals surface area contributed by atoms with Crippen LogP contribution in [0.2, 0.25) is 0 Å². The molecule has 2 aliphatic rings. The largest absolute Gasteiger partial charge is 0.357 e. The Morgan fingerprint density at radius 3 is 2.81 bits per heavy atom. The number of Topliss-reactive ketones (excluding diaryl/α,β-unsaturated/α-hetero) is 1. The Balaban J connectivity index is 1.62. The van der Waals surface area contributed by atoms with Crippen LogP contribution in [0.3, 0.4) is 0 Å². The van der Waals surface area contributed by atoms with E-state index in [1.54, 1.807) is 19.2 Å². The van der Waals surface area contributed by atoms with Crippen LogP contribution in [0.4, 0.5) is 15.9 Å². The van der Waals surface area contributed by atoms with Crippen LogP contribution in [0.5, 0.6) is 0 Å². The molecule has 0 radical (unpaired) electrons. The number of pyridine rings is 2. The number of amides is 1. The number of aryl methyl sites for hydroxylation is 2. The molecule has 31 heavy (non-hydrogen) atoms. The number of nitrogens with zero attached hydrogens (tertiary/aromatic N) is 2. The van der Waals surface area contributed by atoms with Crippen molar-refractivity contribution in [1.29, 1.82) is 0 Å². The highest BCUT2D eigenvalue weighted by molar-refractivity contribution is 6.01. The second kappa shape index (κ2) is 7.01. The van der Waals surface area contributed by atoms with Gasteiger partial charge in [0.05, 0.1) is 22.5 Å². The van der Waals surface area contributed by atoms with E-state index in [1.165, 1.54) is 13.1 Å². The Bertz CT molecular complexity index is 1260. The Labute approximate surface area is 178 Å². The molecule has 8 heteroatoms. The summed E-state index contributed by atoms with van der Waals surface area (Å²) in [5.74, 6) is -0.756. The van der Waals surface area contributed by atoms with Gasteiger partial charge in [0.1, 0.15) is 0 Å². The van der Waals surface area contributed by atoms with Gasteiger partial charge in [-0.1, -0.05) is 0 Å². The molecule has 3 aromatic rings. The fourth-order valence-electron chi connectivity index (χ4n) is 4.54. The van der Waals surface area contributed by atoms with E-state index in [1.807, 2.05) is 6.92 Å². The number of aromatic nitrogens is 3. The number of nitrogens with one attached hydrogen (secondary N) is 3. The zero-order chi connectivity index (χ0) is 21.9. The third kappa shape index (κ3) is 3.10. The summed E-state index contributed by atoms with van der Waals surface area (Å²) in [6.45, 7) is 5.19. The highest BCUT2D eigenvalue weighted by Crippen LogP contribution is 2.40. The molecule has 1 aliphatic carbocycles. The smallest absolute Gasteiger partial charge is 0.253 e. The molecule has 0 saturated heterocycles. The third-order valence-corrected chi connectivity index (χ3v) is 5.96. The van der Waals surface area contributed by atoms with Crippen molar-refractivity contribution in [2.75, 3.05) is 5.32 Å². The molecule has 1 aliphatic heterocycles. The molecule has 158 valence electrons. The first-order chi connectivity index (χ1) is 14.8. The summed E-state index contributed by atoms with van der Waals surface area (Å²) in [5.41, 5.74) is 5.75. The number of halogens is 1. The van der Waals surface area contributed by atoms with Gasteiger partial charge in [-0.05, 0) is 50.8 Å². The van der Waals surface area contributed by atoms with E-state index in [0.29, 0.717) is 53.0 Å². The molecule has 0 aromatic carbocycles. The highest BCUT2D eigenvalue weighted by atomic mass is 19.1. The second-order valence-corrected chi connectivity index (χ2v) is 8.28. The van der Waals surface area contributed by atoms with Gasteiger partial charge >= 0.3 is 0 Å². The summed E-state index contributed by atoms with van der Waals surface area (Å²) in [7, 11) is 0. The Hall–Kier alpha value is -3.55. The third-order valence-electron chi connectivity index (χ3n) is 5.96. The predicted octanol–water partition coefficient (Wildman–Crippen LogP) is 3.64. The average molecular weight is 419 g/mol. The molecule has 5 rings (SSSR count). The first kappa shape index (κ1) is 19.4. The zero-order valence-electron chi connectivity index (χ0n) is 17.5.